The molecular weight excluding hydrogens is 381 g/mol. The highest BCUT2D eigenvalue weighted by Gasteiger charge is 2.40. The molecule has 1 aliphatic heterocycles. The first-order valence-electron chi connectivity index (χ1n) is 8.76. The van der Waals surface area contributed by atoms with E-state index in [0.29, 0.717) is 18.2 Å². The number of ether oxygens (including phenoxy) is 2. The number of pyridine rings is 1. The Labute approximate surface area is 168 Å². The fraction of sp³-hybridized carbons (Fsp3) is 0.227. The molecule has 0 saturated heterocycles. The minimum absolute atomic E-state index is 0.287. The largest absolute Gasteiger partial charge is 0.487 e. The molecule has 0 N–H and O–H groups in total. The maximum atomic E-state index is 6.22. The van der Waals surface area contributed by atoms with Crippen LogP contribution in [0.5, 0.6) is 5.75 Å². The van der Waals surface area contributed by atoms with Crippen LogP contribution in [0.25, 0.3) is 0 Å². The van der Waals surface area contributed by atoms with Crippen LogP contribution in [-0.4, -0.2) is 4.98 Å². The summed E-state index contributed by atoms with van der Waals surface area (Å²) >= 11 is 12.2. The van der Waals surface area contributed by atoms with E-state index >= 15 is 0 Å². The van der Waals surface area contributed by atoms with Gasteiger partial charge in [0.1, 0.15) is 18.0 Å². The first-order valence-corrected chi connectivity index (χ1v) is 9.67. The van der Waals surface area contributed by atoms with E-state index < -0.39 is 5.60 Å². The van der Waals surface area contributed by atoms with Crippen molar-refractivity contribution in [3.05, 3.63) is 93.8 Å². The van der Waals surface area contributed by atoms with Crippen LogP contribution in [0.15, 0.2) is 60.8 Å². The minimum atomic E-state index is -0.595. The smallest absolute Gasteiger partial charge is 0.148 e. The van der Waals surface area contributed by atoms with Crippen molar-refractivity contribution in [1.29, 1.82) is 0 Å². The summed E-state index contributed by atoms with van der Waals surface area (Å²) in [7, 11) is 0. The molecule has 1 aromatic heterocycles. The first kappa shape index (κ1) is 18.3. The van der Waals surface area contributed by atoms with Crippen molar-refractivity contribution >= 4 is 23.2 Å². The molecule has 0 fully saturated rings. The van der Waals surface area contributed by atoms with E-state index in [2.05, 4.69) is 4.98 Å². The second-order valence-corrected chi connectivity index (χ2v) is 7.37. The van der Waals surface area contributed by atoms with E-state index in [1.165, 1.54) is 0 Å². The third-order valence-electron chi connectivity index (χ3n) is 4.98. The zero-order chi connectivity index (χ0) is 18.9. The number of rotatable bonds is 5. The van der Waals surface area contributed by atoms with Gasteiger partial charge in [0.15, 0.2) is 0 Å². The van der Waals surface area contributed by atoms with Crippen LogP contribution >= 0.6 is 23.2 Å². The Morgan fingerprint density at radius 2 is 1.85 bits per heavy atom. The Morgan fingerprint density at radius 3 is 2.56 bits per heavy atom. The average Bonchev–Trinajstić information content (AvgIpc) is 3.05. The lowest BCUT2D eigenvalue weighted by molar-refractivity contribution is 0.00923. The molecule has 0 amide bonds. The number of fused-ring (bicyclic) bond motifs is 1. The lowest BCUT2D eigenvalue weighted by Crippen LogP contribution is -2.22. The van der Waals surface area contributed by atoms with Gasteiger partial charge < -0.3 is 9.47 Å². The molecule has 3 nitrogen and oxygen atoms in total. The standard InChI is InChI=1S/C22H19Cl2NO2/c1-22(16-7-9-17(24)10-8-16)19-12-25-20(11-23)21(18(19)14-27-22)26-13-15-5-3-2-4-6-15/h2-10,12H,11,13-14H2,1H3. The quantitative estimate of drug-likeness (QED) is 0.504. The number of aromatic nitrogens is 1. The Bertz CT molecular complexity index is 945. The molecule has 0 saturated carbocycles. The molecule has 1 atom stereocenters. The van der Waals surface area contributed by atoms with Crippen LogP contribution in [0.1, 0.15) is 34.9 Å². The van der Waals surface area contributed by atoms with E-state index in [9.17, 15) is 0 Å². The van der Waals surface area contributed by atoms with Gasteiger partial charge >= 0.3 is 0 Å². The monoisotopic (exact) mass is 399 g/mol. The molecule has 0 radical (unpaired) electrons. The summed E-state index contributed by atoms with van der Waals surface area (Å²) in [6.07, 6.45) is 1.85. The van der Waals surface area contributed by atoms with Gasteiger partial charge in [0.25, 0.3) is 0 Å². The molecule has 1 unspecified atom stereocenters. The molecule has 0 bridgehead atoms. The molecule has 5 heteroatoms. The molecule has 27 heavy (non-hydrogen) atoms. The third-order valence-corrected chi connectivity index (χ3v) is 5.48. The van der Waals surface area contributed by atoms with E-state index in [1.807, 2.05) is 67.7 Å². The normalized spacial score (nSPS) is 18.3. The van der Waals surface area contributed by atoms with Gasteiger partial charge in [0.2, 0.25) is 0 Å². The molecule has 2 heterocycles. The molecular formula is C22H19Cl2NO2. The van der Waals surface area contributed by atoms with Crippen molar-refractivity contribution < 1.29 is 9.47 Å². The fourth-order valence-corrected chi connectivity index (χ4v) is 3.74. The van der Waals surface area contributed by atoms with Crippen LogP contribution in [0.4, 0.5) is 0 Å². The average molecular weight is 400 g/mol. The van der Waals surface area contributed by atoms with Crippen LogP contribution in [-0.2, 0) is 29.4 Å². The Balaban J connectivity index is 1.71. The van der Waals surface area contributed by atoms with Crippen LogP contribution in [0, 0.1) is 0 Å². The van der Waals surface area contributed by atoms with Crippen molar-refractivity contribution in [1.82, 2.24) is 4.98 Å². The number of halogens is 2. The van der Waals surface area contributed by atoms with Gasteiger partial charge in [-0.15, -0.1) is 11.6 Å². The lowest BCUT2D eigenvalue weighted by atomic mass is 9.88. The lowest BCUT2D eigenvalue weighted by Gasteiger charge is -2.25. The number of hydrogen-bond acceptors (Lipinski definition) is 3. The number of hydrogen-bond donors (Lipinski definition) is 0. The third kappa shape index (κ3) is 3.43. The van der Waals surface area contributed by atoms with Crippen molar-refractivity contribution in [2.24, 2.45) is 0 Å². The molecule has 1 aliphatic rings. The zero-order valence-corrected chi connectivity index (χ0v) is 16.4. The second-order valence-electron chi connectivity index (χ2n) is 6.66. The molecule has 0 aliphatic carbocycles. The summed E-state index contributed by atoms with van der Waals surface area (Å²) in [5, 5.41) is 0.697. The topological polar surface area (TPSA) is 31.4 Å². The summed E-state index contributed by atoms with van der Waals surface area (Å²) in [4.78, 5) is 4.56. The predicted molar refractivity (Wildman–Crippen MR) is 107 cm³/mol. The maximum absolute atomic E-state index is 6.22. The summed E-state index contributed by atoms with van der Waals surface area (Å²) in [6.45, 7) is 2.95. The van der Waals surface area contributed by atoms with Crippen molar-refractivity contribution in [3.63, 3.8) is 0 Å². The van der Waals surface area contributed by atoms with Crippen molar-refractivity contribution in [3.8, 4) is 5.75 Å². The predicted octanol–water partition coefficient (Wildman–Crippen LogP) is 5.85. The second kappa shape index (κ2) is 7.51. The summed E-state index contributed by atoms with van der Waals surface area (Å²) in [5.74, 6) is 1.01. The summed E-state index contributed by atoms with van der Waals surface area (Å²) in [6, 6.07) is 17.8. The van der Waals surface area contributed by atoms with Gasteiger partial charge in [0, 0.05) is 22.3 Å². The van der Waals surface area contributed by atoms with Crippen LogP contribution < -0.4 is 4.74 Å². The number of nitrogens with zero attached hydrogens (tertiary/aromatic N) is 1. The van der Waals surface area contributed by atoms with E-state index in [1.54, 1.807) is 0 Å². The highest BCUT2D eigenvalue weighted by Crippen LogP contribution is 2.45. The molecule has 138 valence electrons. The Hall–Kier alpha value is -2.07. The van der Waals surface area contributed by atoms with E-state index in [4.69, 9.17) is 32.7 Å². The number of alkyl halides is 1. The van der Waals surface area contributed by atoms with Gasteiger partial charge in [-0.25, -0.2) is 0 Å². The van der Waals surface area contributed by atoms with Gasteiger partial charge in [-0.05, 0) is 30.2 Å². The van der Waals surface area contributed by atoms with Crippen molar-refractivity contribution in [2.45, 2.75) is 31.6 Å². The fourth-order valence-electron chi connectivity index (χ4n) is 3.43. The Kier molecular flexibility index (Phi) is 5.09. The molecule has 2 aromatic carbocycles. The molecule has 0 spiro atoms. The number of benzene rings is 2. The zero-order valence-electron chi connectivity index (χ0n) is 14.9. The molecule has 3 aromatic rings. The van der Waals surface area contributed by atoms with E-state index in [0.717, 1.165) is 33.7 Å². The minimum Gasteiger partial charge on any atom is -0.487 e. The summed E-state index contributed by atoms with van der Waals surface area (Å²) < 4.78 is 12.4. The SMILES string of the molecule is CC1(c2ccc(Cl)cc2)OCc2c1cnc(CCl)c2OCc1ccccc1. The highest BCUT2D eigenvalue weighted by molar-refractivity contribution is 6.30. The van der Waals surface area contributed by atoms with Gasteiger partial charge in [-0.1, -0.05) is 54.1 Å². The Morgan fingerprint density at radius 1 is 1.11 bits per heavy atom. The first-order chi connectivity index (χ1) is 13.1. The maximum Gasteiger partial charge on any atom is 0.148 e. The molecule has 4 rings (SSSR count). The van der Waals surface area contributed by atoms with E-state index in [-0.39, 0.29) is 5.88 Å². The van der Waals surface area contributed by atoms with Crippen LogP contribution in [0.3, 0.4) is 0 Å². The van der Waals surface area contributed by atoms with Gasteiger partial charge in [0.05, 0.1) is 18.2 Å². The van der Waals surface area contributed by atoms with Gasteiger partial charge in [-0.3, -0.25) is 4.98 Å². The highest BCUT2D eigenvalue weighted by atomic mass is 35.5. The summed E-state index contributed by atoms with van der Waals surface area (Å²) in [5.41, 5.74) is 4.27. The van der Waals surface area contributed by atoms with Crippen LogP contribution in [0.2, 0.25) is 5.02 Å². The van der Waals surface area contributed by atoms with Gasteiger partial charge in [-0.2, -0.15) is 0 Å². The van der Waals surface area contributed by atoms with Crippen molar-refractivity contribution in [2.75, 3.05) is 0 Å².